The van der Waals surface area contributed by atoms with Crippen LogP contribution in [0, 0.1) is 5.92 Å². The van der Waals surface area contributed by atoms with Crippen LogP contribution >= 0.6 is 0 Å². The van der Waals surface area contributed by atoms with E-state index < -0.39 is 0 Å². The van der Waals surface area contributed by atoms with Crippen LogP contribution in [0.3, 0.4) is 0 Å². The van der Waals surface area contributed by atoms with Crippen molar-refractivity contribution in [2.24, 2.45) is 5.92 Å². The van der Waals surface area contributed by atoms with Crippen molar-refractivity contribution in [3.63, 3.8) is 0 Å². The van der Waals surface area contributed by atoms with Gasteiger partial charge in [-0.1, -0.05) is 19.3 Å². The second-order valence-corrected chi connectivity index (χ2v) is 3.63. The number of amides is 1. The van der Waals surface area contributed by atoms with Gasteiger partial charge in [-0.15, -0.1) is 0 Å². The molecule has 11 heavy (non-hydrogen) atoms. The molecule has 0 heterocycles. The Morgan fingerprint density at radius 2 is 2.27 bits per heavy atom. The first kappa shape index (κ1) is 8.57. The van der Waals surface area contributed by atoms with E-state index in [0.29, 0.717) is 6.04 Å². The van der Waals surface area contributed by atoms with Gasteiger partial charge in [-0.3, -0.25) is 4.79 Å². The van der Waals surface area contributed by atoms with Crippen LogP contribution in [0.25, 0.3) is 0 Å². The summed E-state index contributed by atoms with van der Waals surface area (Å²) in [4.78, 5) is 10.6. The number of hydrogen-bond donors (Lipinski definition) is 1. The van der Waals surface area contributed by atoms with E-state index in [9.17, 15) is 4.79 Å². The first-order chi connectivity index (χ1) is 5.18. The fraction of sp³-hybridized carbons (Fsp3) is 0.889. The maximum Gasteiger partial charge on any atom is 0.217 e. The molecule has 0 aromatic rings. The summed E-state index contributed by atoms with van der Waals surface area (Å²) in [6.07, 6.45) is 5.28. The molecule has 2 heteroatoms. The van der Waals surface area contributed by atoms with Crippen LogP contribution in [0.4, 0.5) is 0 Å². The Balaban J connectivity index is 2.09. The molecular formula is C9H17NO. The van der Waals surface area contributed by atoms with Crippen LogP contribution in [-0.4, -0.2) is 11.9 Å². The summed E-state index contributed by atoms with van der Waals surface area (Å²) >= 11 is 0. The van der Waals surface area contributed by atoms with Crippen molar-refractivity contribution in [1.82, 2.24) is 5.32 Å². The monoisotopic (exact) mass is 155 g/mol. The van der Waals surface area contributed by atoms with E-state index >= 15 is 0 Å². The van der Waals surface area contributed by atoms with Gasteiger partial charge in [0.05, 0.1) is 0 Å². The number of carbonyl (C=O) groups excluding carboxylic acids is 1. The van der Waals surface area contributed by atoms with Crippen LogP contribution in [0.2, 0.25) is 0 Å². The number of nitrogens with one attached hydrogen (secondary N) is 1. The molecule has 1 aliphatic rings. The minimum atomic E-state index is 0.0943. The molecule has 0 radical (unpaired) electrons. The molecule has 1 atom stereocenters. The maximum absolute atomic E-state index is 10.6. The predicted molar refractivity (Wildman–Crippen MR) is 45.2 cm³/mol. The molecule has 2 nitrogen and oxygen atoms in total. The normalized spacial score (nSPS) is 20.5. The average molecular weight is 155 g/mol. The largest absolute Gasteiger partial charge is 0.354 e. The van der Waals surface area contributed by atoms with Gasteiger partial charge in [0.1, 0.15) is 0 Å². The molecule has 1 fully saturated rings. The standard InChI is InChI=1S/C9H17NO/c1-7(10-8(2)11)6-9-4-3-5-9/h7,9H,3-6H2,1-2H3,(H,10,11). The molecule has 1 aliphatic carbocycles. The number of carbonyl (C=O) groups is 1. The van der Waals surface area contributed by atoms with Crippen LogP contribution in [0.1, 0.15) is 39.5 Å². The van der Waals surface area contributed by atoms with Crippen molar-refractivity contribution in [3.8, 4) is 0 Å². The van der Waals surface area contributed by atoms with Crippen molar-refractivity contribution in [1.29, 1.82) is 0 Å². The molecule has 64 valence electrons. The maximum atomic E-state index is 10.6. The number of hydrogen-bond acceptors (Lipinski definition) is 1. The third-order valence-corrected chi connectivity index (χ3v) is 2.36. The van der Waals surface area contributed by atoms with E-state index in [1.54, 1.807) is 6.92 Å². The van der Waals surface area contributed by atoms with Crippen molar-refractivity contribution in [2.45, 2.75) is 45.6 Å². The summed E-state index contributed by atoms with van der Waals surface area (Å²) in [6.45, 7) is 3.66. The predicted octanol–water partition coefficient (Wildman–Crippen LogP) is 1.70. The quantitative estimate of drug-likeness (QED) is 0.660. The SMILES string of the molecule is CC(=O)NC(C)CC1CCC1. The highest BCUT2D eigenvalue weighted by atomic mass is 16.1. The molecule has 1 N–H and O–H groups in total. The second-order valence-electron chi connectivity index (χ2n) is 3.63. The first-order valence-electron chi connectivity index (χ1n) is 4.45. The molecule has 1 unspecified atom stereocenters. The van der Waals surface area contributed by atoms with Gasteiger partial charge in [-0.25, -0.2) is 0 Å². The average Bonchev–Trinajstić information content (AvgIpc) is 1.77. The lowest BCUT2D eigenvalue weighted by atomic mass is 9.81. The lowest BCUT2D eigenvalue weighted by Crippen LogP contribution is -2.33. The summed E-state index contributed by atoms with van der Waals surface area (Å²) in [5.41, 5.74) is 0. The van der Waals surface area contributed by atoms with E-state index in [1.165, 1.54) is 25.7 Å². The smallest absolute Gasteiger partial charge is 0.217 e. The Kier molecular flexibility index (Phi) is 2.92. The van der Waals surface area contributed by atoms with E-state index in [4.69, 9.17) is 0 Å². The third-order valence-electron chi connectivity index (χ3n) is 2.36. The van der Waals surface area contributed by atoms with Gasteiger partial charge in [-0.05, 0) is 19.3 Å². The molecule has 0 aromatic heterocycles. The topological polar surface area (TPSA) is 29.1 Å². The molecule has 0 bridgehead atoms. The minimum Gasteiger partial charge on any atom is -0.354 e. The summed E-state index contributed by atoms with van der Waals surface area (Å²) in [5, 5.41) is 2.90. The van der Waals surface area contributed by atoms with Gasteiger partial charge in [0.15, 0.2) is 0 Å². The van der Waals surface area contributed by atoms with Crippen molar-refractivity contribution in [3.05, 3.63) is 0 Å². The molecule has 0 saturated heterocycles. The van der Waals surface area contributed by atoms with E-state index in [-0.39, 0.29) is 5.91 Å². The van der Waals surface area contributed by atoms with E-state index in [2.05, 4.69) is 12.2 Å². The van der Waals surface area contributed by atoms with Gasteiger partial charge < -0.3 is 5.32 Å². The minimum absolute atomic E-state index is 0.0943. The highest BCUT2D eigenvalue weighted by molar-refractivity contribution is 5.73. The first-order valence-corrected chi connectivity index (χ1v) is 4.45. The molecule has 0 spiro atoms. The van der Waals surface area contributed by atoms with Crippen LogP contribution in [0.5, 0.6) is 0 Å². The Bertz CT molecular complexity index is 140. The molecule has 0 aromatic carbocycles. The highest BCUT2D eigenvalue weighted by Crippen LogP contribution is 2.30. The van der Waals surface area contributed by atoms with Crippen LogP contribution < -0.4 is 5.32 Å². The molecule has 0 aliphatic heterocycles. The molecule has 1 amide bonds. The molecule has 1 saturated carbocycles. The zero-order valence-corrected chi connectivity index (χ0v) is 7.39. The van der Waals surface area contributed by atoms with Gasteiger partial charge >= 0.3 is 0 Å². The van der Waals surface area contributed by atoms with Crippen LogP contribution in [0.15, 0.2) is 0 Å². The fourth-order valence-electron chi connectivity index (χ4n) is 1.63. The highest BCUT2D eigenvalue weighted by Gasteiger charge is 2.19. The summed E-state index contributed by atoms with van der Waals surface area (Å²) in [6, 6.07) is 0.373. The Hall–Kier alpha value is -0.530. The summed E-state index contributed by atoms with van der Waals surface area (Å²) < 4.78 is 0. The molecular weight excluding hydrogens is 138 g/mol. The zero-order valence-electron chi connectivity index (χ0n) is 7.39. The number of rotatable bonds is 3. The zero-order chi connectivity index (χ0) is 8.27. The third kappa shape index (κ3) is 2.91. The van der Waals surface area contributed by atoms with Gasteiger partial charge in [0, 0.05) is 13.0 Å². The Morgan fingerprint density at radius 3 is 2.64 bits per heavy atom. The van der Waals surface area contributed by atoms with Gasteiger partial charge in [-0.2, -0.15) is 0 Å². The van der Waals surface area contributed by atoms with Crippen molar-refractivity contribution < 1.29 is 4.79 Å². The van der Waals surface area contributed by atoms with Gasteiger partial charge in [0.25, 0.3) is 0 Å². The van der Waals surface area contributed by atoms with Crippen LogP contribution in [-0.2, 0) is 4.79 Å². The summed E-state index contributed by atoms with van der Waals surface area (Å²) in [7, 11) is 0. The van der Waals surface area contributed by atoms with Gasteiger partial charge in [0.2, 0.25) is 5.91 Å². The van der Waals surface area contributed by atoms with Crippen molar-refractivity contribution >= 4 is 5.91 Å². The fourth-order valence-corrected chi connectivity index (χ4v) is 1.63. The Labute approximate surface area is 68.4 Å². The van der Waals surface area contributed by atoms with Crippen molar-refractivity contribution in [2.75, 3.05) is 0 Å². The van der Waals surface area contributed by atoms with E-state index in [1.807, 2.05) is 0 Å². The second kappa shape index (κ2) is 3.74. The molecule has 1 rings (SSSR count). The van der Waals surface area contributed by atoms with E-state index in [0.717, 1.165) is 5.92 Å². The lowest BCUT2D eigenvalue weighted by molar-refractivity contribution is -0.119. The summed E-state index contributed by atoms with van der Waals surface area (Å²) in [5.74, 6) is 0.980. The lowest BCUT2D eigenvalue weighted by Gasteiger charge is -2.28. The Morgan fingerprint density at radius 1 is 1.64 bits per heavy atom.